The predicted octanol–water partition coefficient (Wildman–Crippen LogP) is 3.82. The quantitative estimate of drug-likeness (QED) is 0.780. The lowest BCUT2D eigenvalue weighted by Crippen LogP contribution is -2.43. The molecule has 0 bridgehead atoms. The van der Waals surface area contributed by atoms with Crippen LogP contribution in [-0.2, 0) is 0 Å². The Hall–Kier alpha value is -0.180. The molecule has 1 heterocycles. The average molecular weight is 266 g/mol. The zero-order valence-corrected chi connectivity index (χ0v) is 12.6. The zero-order chi connectivity index (χ0) is 12.6. The maximum atomic E-state index is 5.08. The van der Waals surface area contributed by atoms with Crippen LogP contribution in [0, 0.1) is 11.3 Å². The second-order valence-corrected chi connectivity index (χ2v) is 7.95. The molecule has 18 heavy (non-hydrogen) atoms. The van der Waals surface area contributed by atoms with Gasteiger partial charge in [0.2, 0.25) is 0 Å². The van der Waals surface area contributed by atoms with Gasteiger partial charge in [0.05, 0.1) is 6.04 Å². The number of amidine groups is 1. The van der Waals surface area contributed by atoms with E-state index < -0.39 is 0 Å². The maximum absolute atomic E-state index is 5.08. The second kappa shape index (κ2) is 5.07. The van der Waals surface area contributed by atoms with E-state index >= 15 is 0 Å². The first-order chi connectivity index (χ1) is 8.65. The summed E-state index contributed by atoms with van der Waals surface area (Å²) in [4.78, 5) is 5.08. The Morgan fingerprint density at radius 1 is 1.17 bits per heavy atom. The first-order valence-corrected chi connectivity index (χ1v) is 8.61. The second-order valence-electron chi connectivity index (χ2n) is 6.94. The third-order valence-electron chi connectivity index (χ3n) is 5.13. The van der Waals surface area contributed by atoms with Crippen LogP contribution < -0.4 is 5.32 Å². The van der Waals surface area contributed by atoms with Crippen molar-refractivity contribution in [2.24, 2.45) is 16.3 Å². The molecular weight excluding hydrogens is 240 g/mol. The van der Waals surface area contributed by atoms with Crippen LogP contribution in [0.25, 0.3) is 0 Å². The molecule has 0 radical (unpaired) electrons. The Morgan fingerprint density at radius 3 is 2.89 bits per heavy atom. The van der Waals surface area contributed by atoms with Gasteiger partial charge in [0.1, 0.15) is 0 Å². The molecule has 0 amide bonds. The van der Waals surface area contributed by atoms with E-state index in [1.54, 1.807) is 0 Å². The molecular formula is C15H26N2S. The molecule has 1 aliphatic heterocycles. The number of thioether (sulfide) groups is 1. The topological polar surface area (TPSA) is 24.4 Å². The van der Waals surface area contributed by atoms with E-state index in [2.05, 4.69) is 19.2 Å². The van der Waals surface area contributed by atoms with Crippen LogP contribution in [0.3, 0.4) is 0 Å². The van der Waals surface area contributed by atoms with Gasteiger partial charge in [-0.2, -0.15) is 0 Å². The Balaban J connectivity index is 1.68. The van der Waals surface area contributed by atoms with Crippen LogP contribution in [0.15, 0.2) is 4.99 Å². The van der Waals surface area contributed by atoms with E-state index in [1.165, 1.54) is 55.9 Å². The fourth-order valence-corrected chi connectivity index (χ4v) is 4.95. The highest BCUT2D eigenvalue weighted by atomic mass is 32.2. The highest BCUT2D eigenvalue weighted by Crippen LogP contribution is 2.39. The fourth-order valence-electron chi connectivity index (χ4n) is 3.74. The van der Waals surface area contributed by atoms with Crippen molar-refractivity contribution in [1.29, 1.82) is 0 Å². The number of fused-ring (bicyclic) bond motifs is 1. The molecule has 3 rings (SSSR count). The minimum Gasteiger partial charge on any atom is -0.362 e. The summed E-state index contributed by atoms with van der Waals surface area (Å²) in [6, 6.07) is 1.27. The lowest BCUT2D eigenvalue weighted by molar-refractivity contribution is 0.203. The first kappa shape index (κ1) is 12.8. The van der Waals surface area contributed by atoms with E-state index in [0.29, 0.717) is 11.5 Å². The van der Waals surface area contributed by atoms with Crippen LogP contribution in [0.1, 0.15) is 58.8 Å². The summed E-state index contributed by atoms with van der Waals surface area (Å²) in [5.41, 5.74) is 0.403. The van der Waals surface area contributed by atoms with Crippen molar-refractivity contribution >= 4 is 16.9 Å². The molecule has 1 N–H and O–H groups in total. The van der Waals surface area contributed by atoms with Crippen LogP contribution in [0.4, 0.5) is 0 Å². The summed E-state index contributed by atoms with van der Waals surface area (Å²) >= 11 is 1.97. The van der Waals surface area contributed by atoms with Gasteiger partial charge in [-0.05, 0) is 37.0 Å². The van der Waals surface area contributed by atoms with Gasteiger partial charge in [0.25, 0.3) is 0 Å². The molecule has 3 atom stereocenters. The average Bonchev–Trinajstić information content (AvgIpc) is 2.79. The Kier molecular flexibility index (Phi) is 3.61. The lowest BCUT2D eigenvalue weighted by Gasteiger charge is -2.37. The third-order valence-corrected chi connectivity index (χ3v) is 6.22. The van der Waals surface area contributed by atoms with Crippen LogP contribution in [0.2, 0.25) is 0 Å². The molecule has 2 nitrogen and oxygen atoms in total. The van der Waals surface area contributed by atoms with Gasteiger partial charge in [-0.1, -0.05) is 44.9 Å². The van der Waals surface area contributed by atoms with Crippen molar-refractivity contribution < 1.29 is 0 Å². The van der Waals surface area contributed by atoms with Gasteiger partial charge in [0.15, 0.2) is 5.17 Å². The largest absolute Gasteiger partial charge is 0.362 e. The molecule has 2 aliphatic carbocycles. The Labute approximate surface area is 115 Å². The van der Waals surface area contributed by atoms with Crippen LogP contribution in [-0.4, -0.2) is 23.0 Å². The minimum absolute atomic E-state index is 0.403. The summed E-state index contributed by atoms with van der Waals surface area (Å²) in [5.74, 6) is 2.21. The number of nitrogens with one attached hydrogen (secondary N) is 1. The molecule has 0 aromatic carbocycles. The third kappa shape index (κ3) is 2.56. The standard InChI is InChI=1S/C15H26N2S/c1-15(2)9-4-3-8-13(15)17-14-16-12-7-5-6-11(12)10-18-14/h11-13H,3-10H2,1-2H3,(H,16,17). The minimum atomic E-state index is 0.403. The predicted molar refractivity (Wildman–Crippen MR) is 80.2 cm³/mol. The van der Waals surface area contributed by atoms with Crippen LogP contribution >= 0.6 is 11.8 Å². The highest BCUT2D eigenvalue weighted by Gasteiger charge is 2.35. The Morgan fingerprint density at radius 2 is 2.06 bits per heavy atom. The molecule has 102 valence electrons. The van der Waals surface area contributed by atoms with Gasteiger partial charge in [-0.3, -0.25) is 4.99 Å². The van der Waals surface area contributed by atoms with E-state index in [4.69, 9.17) is 4.99 Å². The molecule has 3 fully saturated rings. The van der Waals surface area contributed by atoms with Crippen molar-refractivity contribution in [3.05, 3.63) is 0 Å². The molecule has 0 aromatic rings. The highest BCUT2D eigenvalue weighted by molar-refractivity contribution is 8.13. The number of aliphatic imine (C=N–C) groups is 1. The summed E-state index contributed by atoms with van der Waals surface area (Å²) in [5, 5.41) is 4.96. The maximum Gasteiger partial charge on any atom is 0.157 e. The summed E-state index contributed by atoms with van der Waals surface area (Å²) in [7, 11) is 0. The molecule has 0 spiro atoms. The van der Waals surface area contributed by atoms with E-state index in [1.807, 2.05) is 11.8 Å². The van der Waals surface area contributed by atoms with Gasteiger partial charge >= 0.3 is 0 Å². The van der Waals surface area contributed by atoms with Gasteiger partial charge < -0.3 is 5.32 Å². The van der Waals surface area contributed by atoms with Crippen LogP contribution in [0.5, 0.6) is 0 Å². The number of hydrogen-bond acceptors (Lipinski definition) is 2. The zero-order valence-electron chi connectivity index (χ0n) is 11.7. The van der Waals surface area contributed by atoms with Crippen molar-refractivity contribution in [2.75, 3.05) is 5.75 Å². The van der Waals surface area contributed by atoms with Crippen molar-refractivity contribution in [3.63, 3.8) is 0 Å². The first-order valence-electron chi connectivity index (χ1n) is 7.62. The fraction of sp³-hybridized carbons (Fsp3) is 0.933. The number of hydrogen-bond donors (Lipinski definition) is 1. The van der Waals surface area contributed by atoms with Gasteiger partial charge in [-0.25, -0.2) is 0 Å². The van der Waals surface area contributed by atoms with Gasteiger partial charge in [-0.15, -0.1) is 0 Å². The smallest absolute Gasteiger partial charge is 0.157 e. The summed E-state index contributed by atoms with van der Waals surface area (Å²) < 4.78 is 0. The SMILES string of the molecule is CC1(C)CCCCC1N=C1NC2CCCC2CS1. The van der Waals surface area contributed by atoms with Crippen molar-refractivity contribution in [3.8, 4) is 0 Å². The van der Waals surface area contributed by atoms with Crippen molar-refractivity contribution in [2.45, 2.75) is 70.9 Å². The molecule has 3 unspecified atom stereocenters. The Bertz CT molecular complexity index is 337. The monoisotopic (exact) mass is 266 g/mol. The molecule has 1 saturated heterocycles. The normalized spacial score (nSPS) is 41.4. The summed E-state index contributed by atoms with van der Waals surface area (Å²) in [6.45, 7) is 4.79. The van der Waals surface area contributed by atoms with E-state index in [9.17, 15) is 0 Å². The van der Waals surface area contributed by atoms with E-state index in [0.717, 1.165) is 12.0 Å². The molecule has 2 saturated carbocycles. The van der Waals surface area contributed by atoms with Gasteiger partial charge in [0, 0.05) is 11.8 Å². The lowest BCUT2D eigenvalue weighted by atomic mass is 9.73. The van der Waals surface area contributed by atoms with Crippen molar-refractivity contribution in [1.82, 2.24) is 5.32 Å². The molecule has 0 aromatic heterocycles. The molecule has 3 aliphatic rings. The summed E-state index contributed by atoms with van der Waals surface area (Å²) in [6.07, 6.45) is 9.56. The molecule has 3 heteroatoms. The number of nitrogens with zero attached hydrogens (tertiary/aromatic N) is 1. The van der Waals surface area contributed by atoms with E-state index in [-0.39, 0.29) is 0 Å². The number of rotatable bonds is 1.